The molecule has 1 unspecified atom stereocenters. The fraction of sp³-hybridized carbons (Fsp3) is 0.448. The summed E-state index contributed by atoms with van der Waals surface area (Å²) < 4.78 is 2.01. The van der Waals surface area contributed by atoms with E-state index in [0.717, 1.165) is 74.3 Å². The Kier molecular flexibility index (Phi) is 6.85. The van der Waals surface area contributed by atoms with Crippen molar-refractivity contribution in [3.63, 3.8) is 0 Å². The van der Waals surface area contributed by atoms with Gasteiger partial charge in [-0.15, -0.1) is 5.10 Å². The number of hydrogen-bond acceptors (Lipinski definition) is 6. The Morgan fingerprint density at radius 3 is 2.51 bits per heavy atom. The predicted molar refractivity (Wildman–Crippen MR) is 144 cm³/mol. The number of pyridine rings is 1. The molecule has 192 valence electrons. The summed E-state index contributed by atoms with van der Waals surface area (Å²) in [5.74, 6) is 0.792. The van der Waals surface area contributed by atoms with E-state index in [9.17, 15) is 4.79 Å². The van der Waals surface area contributed by atoms with Crippen LogP contribution in [0.5, 0.6) is 0 Å². The van der Waals surface area contributed by atoms with Gasteiger partial charge in [0, 0.05) is 43.8 Å². The van der Waals surface area contributed by atoms with Crippen molar-refractivity contribution >= 4 is 10.9 Å². The van der Waals surface area contributed by atoms with E-state index in [1.165, 1.54) is 24.0 Å². The summed E-state index contributed by atoms with van der Waals surface area (Å²) in [4.78, 5) is 21.6. The topological polar surface area (TPSA) is 82.9 Å². The van der Waals surface area contributed by atoms with Crippen LogP contribution in [0.15, 0.2) is 59.4 Å². The molecule has 2 fully saturated rings. The number of nitrogens with zero attached hydrogens (tertiary/aromatic N) is 6. The van der Waals surface area contributed by atoms with Gasteiger partial charge in [-0.2, -0.15) is 0 Å². The maximum absolute atomic E-state index is 13.5. The van der Waals surface area contributed by atoms with Crippen LogP contribution in [0.25, 0.3) is 10.9 Å². The largest absolute Gasteiger partial charge is 0.322 e. The van der Waals surface area contributed by atoms with Crippen LogP contribution in [0.3, 0.4) is 0 Å². The zero-order valence-corrected chi connectivity index (χ0v) is 21.5. The van der Waals surface area contributed by atoms with Gasteiger partial charge in [-0.1, -0.05) is 56.2 Å². The van der Waals surface area contributed by atoms with Crippen molar-refractivity contribution in [2.45, 2.75) is 57.7 Å². The predicted octanol–water partition coefficient (Wildman–Crippen LogP) is 4.10. The molecular formula is C29H35N7O. The summed E-state index contributed by atoms with van der Waals surface area (Å²) in [5, 5.41) is 14.2. The number of H-pyrrole nitrogens is 1. The van der Waals surface area contributed by atoms with Crippen LogP contribution in [-0.4, -0.2) is 61.2 Å². The van der Waals surface area contributed by atoms with Gasteiger partial charge < -0.3 is 4.98 Å². The van der Waals surface area contributed by atoms with Gasteiger partial charge >= 0.3 is 0 Å². The molecule has 37 heavy (non-hydrogen) atoms. The second kappa shape index (κ2) is 10.6. The number of nitrogens with one attached hydrogen (secondary N) is 1. The highest BCUT2D eigenvalue weighted by Gasteiger charge is 2.34. The van der Waals surface area contributed by atoms with E-state index in [1.54, 1.807) is 0 Å². The summed E-state index contributed by atoms with van der Waals surface area (Å²) in [6, 6.07) is 19.0. The first-order valence-electron chi connectivity index (χ1n) is 13.6. The van der Waals surface area contributed by atoms with Crippen LogP contribution >= 0.6 is 0 Å². The fourth-order valence-corrected chi connectivity index (χ4v) is 6.01. The van der Waals surface area contributed by atoms with Gasteiger partial charge in [0.25, 0.3) is 5.56 Å². The Morgan fingerprint density at radius 1 is 0.973 bits per heavy atom. The molecule has 2 aromatic heterocycles. The third-order valence-corrected chi connectivity index (χ3v) is 8.09. The molecule has 0 spiro atoms. The van der Waals surface area contributed by atoms with Gasteiger partial charge in [-0.25, -0.2) is 4.68 Å². The van der Waals surface area contributed by atoms with Crippen LogP contribution in [0.1, 0.15) is 67.2 Å². The molecule has 8 heteroatoms. The van der Waals surface area contributed by atoms with Crippen molar-refractivity contribution in [2.75, 3.05) is 26.2 Å². The fourth-order valence-electron chi connectivity index (χ4n) is 6.01. The van der Waals surface area contributed by atoms with Gasteiger partial charge in [0.1, 0.15) is 6.04 Å². The van der Waals surface area contributed by atoms with Gasteiger partial charge in [0.2, 0.25) is 0 Å². The normalized spacial score (nSPS) is 18.5. The number of benzene rings is 2. The van der Waals surface area contributed by atoms with Gasteiger partial charge in [-0.05, 0) is 64.4 Å². The third-order valence-electron chi connectivity index (χ3n) is 8.09. The lowest BCUT2D eigenvalue weighted by atomic mass is 10.0. The van der Waals surface area contributed by atoms with Gasteiger partial charge in [0.15, 0.2) is 5.82 Å². The van der Waals surface area contributed by atoms with Crippen LogP contribution in [0, 0.1) is 0 Å². The Labute approximate surface area is 217 Å². The summed E-state index contributed by atoms with van der Waals surface area (Å²) in [6.07, 6.45) is 5.52. The van der Waals surface area contributed by atoms with Crippen molar-refractivity contribution in [3.8, 4) is 0 Å². The van der Waals surface area contributed by atoms with Crippen molar-refractivity contribution in [2.24, 2.45) is 0 Å². The lowest BCUT2D eigenvalue weighted by molar-refractivity contribution is 0.0989. The summed E-state index contributed by atoms with van der Waals surface area (Å²) in [7, 11) is 0. The number of fused-ring (bicyclic) bond motifs is 1. The monoisotopic (exact) mass is 497 g/mol. The second-order valence-corrected chi connectivity index (χ2v) is 10.4. The summed E-state index contributed by atoms with van der Waals surface area (Å²) in [6.45, 7) is 6.66. The van der Waals surface area contributed by atoms with E-state index < -0.39 is 0 Å². The molecule has 8 nitrogen and oxygen atoms in total. The first kappa shape index (κ1) is 24.0. The Hall–Kier alpha value is -3.36. The zero-order valence-electron chi connectivity index (χ0n) is 21.5. The van der Waals surface area contributed by atoms with E-state index in [-0.39, 0.29) is 11.6 Å². The highest BCUT2D eigenvalue weighted by atomic mass is 16.1. The van der Waals surface area contributed by atoms with Gasteiger partial charge in [-0.3, -0.25) is 14.6 Å². The molecule has 4 aromatic rings. The molecular weight excluding hydrogens is 462 g/mol. The summed E-state index contributed by atoms with van der Waals surface area (Å²) in [5.41, 5.74) is 4.12. The minimum Gasteiger partial charge on any atom is -0.322 e. The van der Waals surface area contributed by atoms with Crippen LogP contribution in [-0.2, 0) is 13.0 Å². The Balaban J connectivity index is 1.35. The molecule has 0 bridgehead atoms. The SMILES string of the molecule is CCc1ccc2[nH]c(=O)c(C(c3nnnn3C3CCCC3)N3CCN(Cc4ccccc4)CC3)cc2c1. The first-order chi connectivity index (χ1) is 18.2. The molecule has 1 aliphatic carbocycles. The average molecular weight is 498 g/mol. The van der Waals surface area contributed by atoms with Crippen molar-refractivity contribution in [1.82, 2.24) is 35.0 Å². The number of aromatic amines is 1. The van der Waals surface area contributed by atoms with E-state index in [1.807, 2.05) is 10.7 Å². The molecule has 2 aliphatic rings. The average Bonchev–Trinajstić information content (AvgIpc) is 3.63. The van der Waals surface area contributed by atoms with E-state index >= 15 is 0 Å². The van der Waals surface area contributed by atoms with Crippen molar-refractivity contribution < 1.29 is 0 Å². The maximum Gasteiger partial charge on any atom is 0.253 e. The number of rotatable bonds is 7. The lowest BCUT2D eigenvalue weighted by Gasteiger charge is -2.39. The molecule has 0 amide bonds. The number of hydrogen-bond donors (Lipinski definition) is 1. The molecule has 6 rings (SSSR count). The van der Waals surface area contributed by atoms with Crippen molar-refractivity contribution in [3.05, 3.63) is 87.5 Å². The standard InChI is InChI=1S/C29H35N7O/c1-2-21-12-13-26-23(18-21)19-25(29(37)30-26)27(28-31-32-33-36(28)24-10-6-7-11-24)35-16-14-34(15-17-35)20-22-8-4-3-5-9-22/h3-5,8-9,12-13,18-19,24,27H,2,6-7,10-11,14-17,20H2,1H3,(H,30,37). The number of aromatic nitrogens is 5. The first-order valence-corrected chi connectivity index (χ1v) is 13.6. The molecule has 3 heterocycles. The maximum atomic E-state index is 13.5. The van der Waals surface area contributed by atoms with E-state index in [4.69, 9.17) is 0 Å². The molecule has 2 aromatic carbocycles. The molecule has 1 aliphatic heterocycles. The third kappa shape index (κ3) is 4.95. The quantitative estimate of drug-likeness (QED) is 0.414. The van der Waals surface area contributed by atoms with E-state index in [2.05, 4.69) is 85.8 Å². The van der Waals surface area contributed by atoms with Crippen LogP contribution in [0.2, 0.25) is 0 Å². The highest BCUT2D eigenvalue weighted by molar-refractivity contribution is 5.80. The number of piperazine rings is 1. The number of aryl methyl sites for hydroxylation is 1. The summed E-state index contributed by atoms with van der Waals surface area (Å²) >= 11 is 0. The minimum atomic E-state index is -0.284. The smallest absolute Gasteiger partial charge is 0.253 e. The van der Waals surface area contributed by atoms with Crippen LogP contribution in [0.4, 0.5) is 0 Å². The van der Waals surface area contributed by atoms with Crippen LogP contribution < -0.4 is 5.56 Å². The highest BCUT2D eigenvalue weighted by Crippen LogP contribution is 2.34. The molecule has 0 radical (unpaired) electrons. The van der Waals surface area contributed by atoms with E-state index in [0.29, 0.717) is 6.04 Å². The minimum absolute atomic E-state index is 0.0607. The Bertz CT molecular complexity index is 1400. The Morgan fingerprint density at radius 2 is 1.76 bits per heavy atom. The van der Waals surface area contributed by atoms with Crippen molar-refractivity contribution in [1.29, 1.82) is 0 Å². The molecule has 1 saturated carbocycles. The number of tetrazole rings is 1. The lowest BCUT2D eigenvalue weighted by Crippen LogP contribution is -2.48. The molecule has 1 N–H and O–H groups in total. The zero-order chi connectivity index (χ0) is 25.2. The second-order valence-electron chi connectivity index (χ2n) is 10.4. The molecule has 1 atom stereocenters. The molecule has 1 saturated heterocycles. The van der Waals surface area contributed by atoms with Gasteiger partial charge in [0.05, 0.1) is 6.04 Å².